The summed E-state index contributed by atoms with van der Waals surface area (Å²) in [6.07, 6.45) is 0. The van der Waals surface area contributed by atoms with Crippen LogP contribution in [0.1, 0.15) is 21.3 Å². The smallest absolute Gasteiger partial charge is 0.187 e. The average Bonchev–Trinajstić information content (AvgIpc) is 2.84. The molecule has 0 bridgehead atoms. The lowest BCUT2D eigenvalue weighted by molar-refractivity contribution is 0.0958. The fraction of sp³-hybridized carbons (Fsp3) is 0.0833. The van der Waals surface area contributed by atoms with E-state index in [1.165, 1.54) is 11.3 Å². The van der Waals surface area contributed by atoms with E-state index in [4.69, 9.17) is 5.73 Å². The van der Waals surface area contributed by atoms with Gasteiger partial charge < -0.3 is 5.73 Å². The molecular weight excluding hydrogens is 244 g/mol. The summed E-state index contributed by atoms with van der Waals surface area (Å²) >= 11 is 1.30. The summed E-state index contributed by atoms with van der Waals surface area (Å²) in [5, 5.41) is 1.77. The normalized spacial score (nSPS) is 12.4. The van der Waals surface area contributed by atoms with Crippen LogP contribution in [-0.4, -0.2) is 5.78 Å². The van der Waals surface area contributed by atoms with Gasteiger partial charge in [0.2, 0.25) is 0 Å². The minimum Gasteiger partial charge on any atom is -0.317 e. The third kappa shape index (κ3) is 2.40. The molecule has 0 saturated heterocycles. The van der Waals surface area contributed by atoms with Gasteiger partial charge in [-0.15, -0.1) is 11.3 Å². The van der Waals surface area contributed by atoms with Crippen LogP contribution in [0.2, 0.25) is 0 Å². The van der Waals surface area contributed by atoms with Gasteiger partial charge in [0.1, 0.15) is 17.7 Å². The minimum atomic E-state index is -0.952. The molecule has 5 heteroatoms. The molecule has 0 radical (unpaired) electrons. The summed E-state index contributed by atoms with van der Waals surface area (Å²) in [4.78, 5) is 12.5. The fourth-order valence-electron chi connectivity index (χ4n) is 1.45. The number of carbonyl (C=O) groups excluding carboxylic acids is 1. The first-order chi connectivity index (χ1) is 8.09. The van der Waals surface area contributed by atoms with E-state index >= 15 is 0 Å². The van der Waals surface area contributed by atoms with Crippen molar-refractivity contribution in [3.05, 3.63) is 57.8 Å². The number of benzene rings is 1. The lowest BCUT2D eigenvalue weighted by atomic mass is 10.0. The molecular formula is C12H9F2NOS. The number of halogens is 2. The van der Waals surface area contributed by atoms with Crippen LogP contribution in [0.25, 0.3) is 0 Å². The molecule has 1 atom stereocenters. The first kappa shape index (κ1) is 11.9. The molecule has 0 aliphatic carbocycles. The van der Waals surface area contributed by atoms with Gasteiger partial charge in [-0.2, -0.15) is 0 Å². The summed E-state index contributed by atoms with van der Waals surface area (Å²) < 4.78 is 26.3. The molecule has 0 fully saturated rings. The predicted molar refractivity (Wildman–Crippen MR) is 61.9 cm³/mol. The molecule has 0 aliphatic heterocycles. The lowest BCUT2D eigenvalue weighted by Gasteiger charge is -2.09. The van der Waals surface area contributed by atoms with E-state index in [1.54, 1.807) is 17.5 Å². The second-order valence-corrected chi connectivity index (χ2v) is 4.46. The number of rotatable bonds is 3. The van der Waals surface area contributed by atoms with E-state index in [1.807, 2.05) is 0 Å². The second-order valence-electron chi connectivity index (χ2n) is 3.48. The highest BCUT2D eigenvalue weighted by atomic mass is 32.1. The standard InChI is InChI=1S/C12H9F2NOS/c13-7-3-4-9(14)8(6-7)12(16)11(15)10-2-1-5-17-10/h1-6,11H,15H2. The first-order valence-electron chi connectivity index (χ1n) is 4.88. The second kappa shape index (κ2) is 4.73. The van der Waals surface area contributed by atoms with Crippen LogP contribution < -0.4 is 5.73 Å². The summed E-state index contributed by atoms with van der Waals surface area (Å²) in [7, 11) is 0. The van der Waals surface area contributed by atoms with Gasteiger partial charge in [0, 0.05) is 4.88 Å². The summed E-state index contributed by atoms with van der Waals surface area (Å²) in [6.45, 7) is 0. The highest BCUT2D eigenvalue weighted by molar-refractivity contribution is 7.10. The Hall–Kier alpha value is -1.59. The Morgan fingerprint density at radius 1 is 1.29 bits per heavy atom. The maximum atomic E-state index is 13.4. The van der Waals surface area contributed by atoms with Crippen molar-refractivity contribution < 1.29 is 13.6 Å². The van der Waals surface area contributed by atoms with Crippen molar-refractivity contribution in [3.63, 3.8) is 0 Å². The number of carbonyl (C=O) groups is 1. The molecule has 2 rings (SSSR count). The van der Waals surface area contributed by atoms with Gasteiger partial charge in [-0.05, 0) is 29.6 Å². The molecule has 17 heavy (non-hydrogen) atoms. The molecule has 2 nitrogen and oxygen atoms in total. The van der Waals surface area contributed by atoms with Gasteiger partial charge in [0.25, 0.3) is 0 Å². The highest BCUT2D eigenvalue weighted by Gasteiger charge is 2.22. The maximum absolute atomic E-state index is 13.4. The van der Waals surface area contributed by atoms with E-state index in [0.29, 0.717) is 4.88 Å². The minimum absolute atomic E-state index is 0.314. The van der Waals surface area contributed by atoms with Crippen LogP contribution >= 0.6 is 11.3 Å². The summed E-state index contributed by atoms with van der Waals surface area (Å²) in [5.74, 6) is -2.04. The van der Waals surface area contributed by atoms with Crippen LogP contribution in [0.4, 0.5) is 8.78 Å². The zero-order valence-electron chi connectivity index (χ0n) is 8.69. The Balaban J connectivity index is 2.34. The average molecular weight is 253 g/mol. The van der Waals surface area contributed by atoms with Gasteiger partial charge in [0.05, 0.1) is 5.56 Å². The third-order valence-electron chi connectivity index (χ3n) is 2.33. The molecule has 1 heterocycles. The largest absolute Gasteiger partial charge is 0.317 e. The number of hydrogen-bond acceptors (Lipinski definition) is 3. The highest BCUT2D eigenvalue weighted by Crippen LogP contribution is 2.22. The number of ketones is 1. The van der Waals surface area contributed by atoms with E-state index in [9.17, 15) is 13.6 Å². The number of thiophene rings is 1. The maximum Gasteiger partial charge on any atom is 0.187 e. The van der Waals surface area contributed by atoms with Crippen molar-refractivity contribution in [3.8, 4) is 0 Å². The van der Waals surface area contributed by atoms with Crippen molar-refractivity contribution in [2.45, 2.75) is 6.04 Å². The van der Waals surface area contributed by atoms with Crippen LogP contribution in [-0.2, 0) is 0 Å². The Morgan fingerprint density at radius 3 is 2.71 bits per heavy atom. The molecule has 2 N–H and O–H groups in total. The topological polar surface area (TPSA) is 43.1 Å². The van der Waals surface area contributed by atoms with E-state index in [0.717, 1.165) is 18.2 Å². The van der Waals surface area contributed by atoms with Crippen molar-refractivity contribution in [1.29, 1.82) is 0 Å². The zero-order chi connectivity index (χ0) is 12.4. The Kier molecular flexibility index (Phi) is 3.31. The monoisotopic (exact) mass is 253 g/mol. The quantitative estimate of drug-likeness (QED) is 0.855. The predicted octanol–water partition coefficient (Wildman–Crippen LogP) is 2.91. The van der Waals surface area contributed by atoms with Gasteiger partial charge in [0.15, 0.2) is 5.78 Å². The number of nitrogens with two attached hydrogens (primary N) is 1. The first-order valence-corrected chi connectivity index (χ1v) is 5.76. The van der Waals surface area contributed by atoms with Crippen molar-refractivity contribution in [1.82, 2.24) is 0 Å². The van der Waals surface area contributed by atoms with Crippen LogP contribution in [0, 0.1) is 11.6 Å². The van der Waals surface area contributed by atoms with Gasteiger partial charge in [-0.3, -0.25) is 4.79 Å². The molecule has 1 aromatic heterocycles. The van der Waals surface area contributed by atoms with Crippen LogP contribution in [0.15, 0.2) is 35.7 Å². The molecule has 0 amide bonds. The molecule has 88 valence electrons. The lowest BCUT2D eigenvalue weighted by Crippen LogP contribution is -2.21. The van der Waals surface area contributed by atoms with Gasteiger partial charge in [-0.25, -0.2) is 8.78 Å². The summed E-state index contributed by atoms with van der Waals surface area (Å²) in [5.41, 5.74) is 5.39. The van der Waals surface area contributed by atoms with E-state index in [-0.39, 0.29) is 5.56 Å². The van der Waals surface area contributed by atoms with Crippen molar-refractivity contribution in [2.75, 3.05) is 0 Å². The Labute approximate surface area is 101 Å². The SMILES string of the molecule is NC(C(=O)c1cc(F)ccc1F)c1cccs1. The van der Waals surface area contributed by atoms with Crippen molar-refractivity contribution in [2.24, 2.45) is 5.73 Å². The number of hydrogen-bond donors (Lipinski definition) is 1. The fourth-order valence-corrected chi connectivity index (χ4v) is 2.18. The van der Waals surface area contributed by atoms with Crippen molar-refractivity contribution >= 4 is 17.1 Å². The number of Topliss-reactive ketones (excluding diaryl/α,β-unsaturated/α-hetero) is 1. The zero-order valence-corrected chi connectivity index (χ0v) is 9.51. The van der Waals surface area contributed by atoms with E-state index in [2.05, 4.69) is 0 Å². The van der Waals surface area contributed by atoms with Crippen LogP contribution in [0.5, 0.6) is 0 Å². The van der Waals surface area contributed by atoms with E-state index < -0.39 is 23.5 Å². The molecule has 1 unspecified atom stereocenters. The third-order valence-corrected chi connectivity index (χ3v) is 3.28. The molecule has 0 spiro atoms. The Morgan fingerprint density at radius 2 is 2.06 bits per heavy atom. The Bertz CT molecular complexity index is 539. The molecule has 1 aromatic carbocycles. The molecule has 2 aromatic rings. The molecule has 0 aliphatic rings. The van der Waals surface area contributed by atoms with Crippen LogP contribution in [0.3, 0.4) is 0 Å². The summed E-state index contributed by atoms with van der Waals surface area (Å²) in [6, 6.07) is 5.23. The molecule has 0 saturated carbocycles. The van der Waals surface area contributed by atoms with Gasteiger partial charge >= 0.3 is 0 Å². The van der Waals surface area contributed by atoms with Gasteiger partial charge in [-0.1, -0.05) is 6.07 Å².